The molecule has 0 bridgehead atoms. The molecule has 158 valence electrons. The molecule has 3 aromatic heterocycles. The number of nitrogens with two attached hydrogens (primary N) is 1. The van der Waals surface area contributed by atoms with Crippen molar-refractivity contribution in [3.05, 3.63) is 34.5 Å². The number of nitrogens with one attached hydrogen (secondary N) is 1. The normalized spacial score (nSPS) is 12.5. The van der Waals surface area contributed by atoms with Crippen LogP contribution in [0.1, 0.15) is 36.3 Å². The average Bonchev–Trinajstić information content (AvgIpc) is 3.25. The number of carboxylic acids is 1. The third-order valence-corrected chi connectivity index (χ3v) is 4.65. The largest absolute Gasteiger partial charge is 0.480 e. The molecule has 3 rings (SSSR count). The van der Waals surface area contributed by atoms with Gasteiger partial charge in [-0.3, -0.25) is 4.79 Å². The number of rotatable bonds is 6. The number of fused-ring (bicyclic) bond motifs is 1. The Bertz CT molecular complexity index is 1120. The van der Waals surface area contributed by atoms with Crippen LogP contribution in [0.5, 0.6) is 0 Å². The molecular weight excluding hydrogens is 412 g/mol. The van der Waals surface area contributed by atoms with Gasteiger partial charge in [-0.15, -0.1) is 11.3 Å². The van der Waals surface area contributed by atoms with Gasteiger partial charge in [-0.1, -0.05) is 0 Å². The molecule has 0 aliphatic heterocycles. The van der Waals surface area contributed by atoms with E-state index >= 15 is 0 Å². The SMILES string of the molecule is CC(C)(C)OC(=O)NC(Cc1nc(-c2cnc3cc(C(N)=O)nn3c2)cs1)C(=O)O. The lowest BCUT2D eigenvalue weighted by atomic mass is 10.2. The lowest BCUT2D eigenvalue weighted by Crippen LogP contribution is -2.44. The first-order chi connectivity index (χ1) is 14.0. The zero-order valence-corrected chi connectivity index (χ0v) is 17.3. The summed E-state index contributed by atoms with van der Waals surface area (Å²) in [5, 5.41) is 18.1. The molecule has 4 N–H and O–H groups in total. The summed E-state index contributed by atoms with van der Waals surface area (Å²) < 4.78 is 6.52. The van der Waals surface area contributed by atoms with Crippen LogP contribution >= 0.6 is 11.3 Å². The summed E-state index contributed by atoms with van der Waals surface area (Å²) in [6, 6.07) is 0.280. The maximum Gasteiger partial charge on any atom is 0.408 e. The number of hydrogen-bond donors (Lipinski definition) is 3. The summed E-state index contributed by atoms with van der Waals surface area (Å²) in [6.07, 6.45) is 2.38. The minimum atomic E-state index is -1.20. The van der Waals surface area contributed by atoms with Crippen LogP contribution < -0.4 is 11.1 Å². The molecule has 30 heavy (non-hydrogen) atoms. The van der Waals surface area contributed by atoms with Crippen molar-refractivity contribution in [2.45, 2.75) is 38.8 Å². The number of carboxylic acid groups (broad SMARTS) is 1. The van der Waals surface area contributed by atoms with Crippen LogP contribution in [0.15, 0.2) is 23.8 Å². The Morgan fingerprint density at radius 1 is 1.37 bits per heavy atom. The summed E-state index contributed by atoms with van der Waals surface area (Å²) in [7, 11) is 0. The fourth-order valence-electron chi connectivity index (χ4n) is 2.49. The van der Waals surface area contributed by atoms with Crippen molar-refractivity contribution in [1.29, 1.82) is 0 Å². The number of ether oxygens (including phenoxy) is 1. The van der Waals surface area contributed by atoms with Crippen LogP contribution in [0.25, 0.3) is 16.9 Å². The Hall–Kier alpha value is -3.54. The predicted octanol–water partition coefficient (Wildman–Crippen LogP) is 1.47. The molecule has 2 amide bonds. The highest BCUT2D eigenvalue weighted by atomic mass is 32.1. The number of alkyl carbamates (subject to hydrolysis) is 1. The Kier molecular flexibility index (Phi) is 5.69. The average molecular weight is 432 g/mol. The van der Waals surface area contributed by atoms with E-state index < -0.39 is 29.6 Å². The summed E-state index contributed by atoms with van der Waals surface area (Å²) in [4.78, 5) is 43.3. The zero-order chi connectivity index (χ0) is 22.1. The molecule has 0 radical (unpaired) electrons. The molecule has 0 aliphatic rings. The van der Waals surface area contributed by atoms with Crippen molar-refractivity contribution in [3.63, 3.8) is 0 Å². The Labute approximate surface area is 174 Å². The van der Waals surface area contributed by atoms with Crippen molar-refractivity contribution in [2.24, 2.45) is 5.73 Å². The van der Waals surface area contributed by atoms with E-state index in [1.54, 1.807) is 38.5 Å². The van der Waals surface area contributed by atoms with E-state index in [9.17, 15) is 19.5 Å². The van der Waals surface area contributed by atoms with Crippen molar-refractivity contribution in [3.8, 4) is 11.3 Å². The van der Waals surface area contributed by atoms with Crippen LogP contribution in [0.3, 0.4) is 0 Å². The summed E-state index contributed by atoms with van der Waals surface area (Å²) >= 11 is 1.25. The highest BCUT2D eigenvalue weighted by Gasteiger charge is 2.25. The molecular formula is C18H20N6O5S. The van der Waals surface area contributed by atoms with Gasteiger partial charge in [0.25, 0.3) is 5.91 Å². The maximum absolute atomic E-state index is 11.9. The number of nitrogens with zero attached hydrogens (tertiary/aromatic N) is 4. The number of thiazole rings is 1. The van der Waals surface area contributed by atoms with E-state index in [2.05, 4.69) is 20.4 Å². The third-order valence-electron chi connectivity index (χ3n) is 3.78. The molecule has 1 atom stereocenters. The monoisotopic (exact) mass is 432 g/mol. The van der Waals surface area contributed by atoms with E-state index in [0.29, 0.717) is 21.9 Å². The Balaban J connectivity index is 1.76. The van der Waals surface area contributed by atoms with Crippen LogP contribution in [-0.2, 0) is 16.0 Å². The fourth-order valence-corrected chi connectivity index (χ4v) is 3.34. The van der Waals surface area contributed by atoms with Crippen molar-refractivity contribution in [1.82, 2.24) is 24.9 Å². The zero-order valence-electron chi connectivity index (χ0n) is 16.4. The van der Waals surface area contributed by atoms with Crippen molar-refractivity contribution < 1.29 is 24.2 Å². The summed E-state index contributed by atoms with van der Waals surface area (Å²) in [5.74, 6) is -1.86. The van der Waals surface area contributed by atoms with E-state index in [-0.39, 0.29) is 12.1 Å². The Morgan fingerprint density at radius 2 is 2.10 bits per heavy atom. The van der Waals surface area contributed by atoms with Gasteiger partial charge in [0.15, 0.2) is 11.3 Å². The predicted molar refractivity (Wildman–Crippen MR) is 107 cm³/mol. The third kappa shape index (κ3) is 5.08. The lowest BCUT2D eigenvalue weighted by molar-refractivity contribution is -0.139. The van der Waals surface area contributed by atoms with Crippen LogP contribution in [0.4, 0.5) is 4.79 Å². The Morgan fingerprint density at radius 3 is 2.73 bits per heavy atom. The molecule has 12 heteroatoms. The molecule has 1 unspecified atom stereocenters. The lowest BCUT2D eigenvalue weighted by Gasteiger charge is -2.21. The topological polar surface area (TPSA) is 162 Å². The molecule has 0 aliphatic carbocycles. The van der Waals surface area contributed by atoms with Gasteiger partial charge in [-0.25, -0.2) is 24.1 Å². The standard InChI is InChI=1S/C18H20N6O5S/c1-18(2,3)29-17(28)22-11(16(26)27)5-14-21-12(8-30-14)9-6-20-13-4-10(15(19)25)23-24(13)7-9/h4,6-8,11H,5H2,1-3H3,(H2,19,25)(H,22,28)(H,26,27). The number of aromatic nitrogens is 4. The van der Waals surface area contributed by atoms with Crippen LogP contribution in [0, 0.1) is 0 Å². The molecule has 3 aromatic rings. The second kappa shape index (κ2) is 8.06. The maximum atomic E-state index is 11.9. The molecule has 0 spiro atoms. The fraction of sp³-hybridized carbons (Fsp3) is 0.333. The van der Waals surface area contributed by atoms with Gasteiger partial charge in [-0.05, 0) is 20.8 Å². The van der Waals surface area contributed by atoms with E-state index in [0.717, 1.165) is 0 Å². The van der Waals surface area contributed by atoms with E-state index in [1.165, 1.54) is 21.9 Å². The molecule has 0 saturated carbocycles. The minimum absolute atomic E-state index is 0.0114. The quantitative estimate of drug-likeness (QED) is 0.527. The second-order valence-corrected chi connectivity index (χ2v) is 8.35. The van der Waals surface area contributed by atoms with Gasteiger partial charge >= 0.3 is 12.1 Å². The number of carbonyl (C=O) groups is 3. The van der Waals surface area contributed by atoms with E-state index in [1.807, 2.05) is 0 Å². The first kappa shape index (κ1) is 21.2. The minimum Gasteiger partial charge on any atom is -0.480 e. The first-order valence-corrected chi connectivity index (χ1v) is 9.72. The summed E-state index contributed by atoms with van der Waals surface area (Å²) in [6.45, 7) is 5.06. The van der Waals surface area contributed by atoms with Gasteiger partial charge in [0.2, 0.25) is 0 Å². The molecule has 3 heterocycles. The van der Waals surface area contributed by atoms with Gasteiger partial charge in [0, 0.05) is 35.8 Å². The first-order valence-electron chi connectivity index (χ1n) is 8.84. The van der Waals surface area contributed by atoms with Gasteiger partial charge < -0.3 is 20.9 Å². The second-order valence-electron chi connectivity index (χ2n) is 7.41. The highest BCUT2D eigenvalue weighted by molar-refractivity contribution is 7.10. The van der Waals surface area contributed by atoms with Crippen molar-refractivity contribution >= 4 is 35.0 Å². The molecule has 0 aromatic carbocycles. The van der Waals surface area contributed by atoms with Gasteiger partial charge in [0.05, 0.1) is 10.7 Å². The smallest absolute Gasteiger partial charge is 0.408 e. The highest BCUT2D eigenvalue weighted by Crippen LogP contribution is 2.22. The number of carbonyl (C=O) groups excluding carboxylic acids is 2. The molecule has 0 saturated heterocycles. The number of amides is 2. The van der Waals surface area contributed by atoms with Crippen LogP contribution in [-0.4, -0.2) is 54.3 Å². The molecule has 11 nitrogen and oxygen atoms in total. The van der Waals surface area contributed by atoms with Crippen molar-refractivity contribution in [2.75, 3.05) is 0 Å². The number of primary amides is 1. The summed E-state index contributed by atoms with van der Waals surface area (Å²) in [5.41, 5.74) is 6.21. The van der Waals surface area contributed by atoms with E-state index in [4.69, 9.17) is 10.5 Å². The number of aliphatic carboxylic acids is 1. The molecule has 0 fully saturated rings. The van der Waals surface area contributed by atoms with Gasteiger partial charge in [-0.2, -0.15) is 5.10 Å². The van der Waals surface area contributed by atoms with Gasteiger partial charge in [0.1, 0.15) is 11.6 Å². The van der Waals surface area contributed by atoms with Crippen LogP contribution in [0.2, 0.25) is 0 Å². The number of hydrogen-bond acceptors (Lipinski definition) is 8.